The van der Waals surface area contributed by atoms with E-state index in [4.69, 9.17) is 0 Å². The van der Waals surface area contributed by atoms with E-state index in [1.807, 2.05) is 16.7 Å². The molecule has 2 aromatic heterocycles. The van der Waals surface area contributed by atoms with Gasteiger partial charge in [0.05, 0.1) is 11.4 Å². The van der Waals surface area contributed by atoms with Gasteiger partial charge in [-0.15, -0.1) is 10.2 Å². The van der Waals surface area contributed by atoms with Crippen LogP contribution < -0.4 is 0 Å². The Labute approximate surface area is 98.2 Å². The highest BCUT2D eigenvalue weighted by atomic mass is 15.3. The third kappa shape index (κ3) is 1.12. The fourth-order valence-corrected chi connectivity index (χ4v) is 2.40. The van der Waals surface area contributed by atoms with Gasteiger partial charge in [0, 0.05) is 12.7 Å². The smallest absolute Gasteiger partial charge is 0.185 e. The van der Waals surface area contributed by atoms with Gasteiger partial charge in [-0.1, -0.05) is 18.2 Å². The number of fused-ring (bicyclic) bond motifs is 5. The van der Waals surface area contributed by atoms with E-state index in [1.54, 1.807) is 6.33 Å². The van der Waals surface area contributed by atoms with Crippen LogP contribution in [0.4, 0.5) is 0 Å². The standard InChI is InChI=1S/C13H10N4/c1-2-5-11-10(4-1)8-16-7-3-6-12(16)13-15-14-9-17(11)13/h1-7,9H,8H2. The average Bonchev–Trinajstić information content (AvgIpc) is 2.96. The first-order chi connectivity index (χ1) is 8.43. The van der Waals surface area contributed by atoms with Gasteiger partial charge >= 0.3 is 0 Å². The fourth-order valence-electron chi connectivity index (χ4n) is 2.40. The monoisotopic (exact) mass is 222 g/mol. The quantitative estimate of drug-likeness (QED) is 0.456. The van der Waals surface area contributed by atoms with Crippen molar-refractivity contribution < 1.29 is 0 Å². The second-order valence-corrected chi connectivity index (χ2v) is 4.17. The van der Waals surface area contributed by atoms with Gasteiger partial charge in [0.15, 0.2) is 5.82 Å². The molecule has 0 atom stereocenters. The van der Waals surface area contributed by atoms with Crippen LogP contribution in [0.3, 0.4) is 0 Å². The normalized spacial score (nSPS) is 12.5. The van der Waals surface area contributed by atoms with Crippen molar-refractivity contribution in [1.82, 2.24) is 19.3 Å². The van der Waals surface area contributed by atoms with Gasteiger partial charge < -0.3 is 4.57 Å². The molecule has 1 aliphatic heterocycles. The molecule has 0 radical (unpaired) electrons. The minimum atomic E-state index is 0.877. The zero-order valence-electron chi connectivity index (χ0n) is 9.11. The molecule has 0 aliphatic carbocycles. The molecule has 0 bridgehead atoms. The number of hydrogen-bond acceptors (Lipinski definition) is 2. The van der Waals surface area contributed by atoms with Crippen LogP contribution in [0.25, 0.3) is 17.2 Å². The van der Waals surface area contributed by atoms with Crippen molar-refractivity contribution in [2.24, 2.45) is 0 Å². The van der Waals surface area contributed by atoms with Gasteiger partial charge in [0.25, 0.3) is 0 Å². The number of rotatable bonds is 0. The molecule has 3 heterocycles. The summed E-state index contributed by atoms with van der Waals surface area (Å²) in [6, 6.07) is 12.5. The lowest BCUT2D eigenvalue weighted by Crippen LogP contribution is -1.99. The van der Waals surface area contributed by atoms with E-state index in [1.165, 1.54) is 5.56 Å². The van der Waals surface area contributed by atoms with Crippen LogP contribution in [0.5, 0.6) is 0 Å². The fraction of sp³-hybridized carbons (Fsp3) is 0.0769. The van der Waals surface area contributed by atoms with E-state index in [0.29, 0.717) is 0 Å². The van der Waals surface area contributed by atoms with Crippen LogP contribution in [0.1, 0.15) is 5.56 Å². The molecule has 1 aliphatic rings. The Hall–Kier alpha value is -2.36. The lowest BCUT2D eigenvalue weighted by Gasteiger charge is -2.07. The van der Waals surface area contributed by atoms with Crippen molar-refractivity contribution in [3.05, 3.63) is 54.5 Å². The first kappa shape index (κ1) is 8.75. The largest absolute Gasteiger partial charge is 0.340 e. The van der Waals surface area contributed by atoms with Crippen molar-refractivity contribution in [2.45, 2.75) is 6.54 Å². The van der Waals surface area contributed by atoms with Crippen LogP contribution in [0.15, 0.2) is 48.9 Å². The van der Waals surface area contributed by atoms with Gasteiger partial charge in [-0.3, -0.25) is 4.57 Å². The molecule has 0 fully saturated rings. The van der Waals surface area contributed by atoms with E-state index in [9.17, 15) is 0 Å². The predicted octanol–water partition coefficient (Wildman–Crippen LogP) is 2.10. The van der Waals surface area contributed by atoms with Gasteiger partial charge in [0.2, 0.25) is 0 Å². The van der Waals surface area contributed by atoms with Crippen LogP contribution >= 0.6 is 0 Å². The molecule has 4 heteroatoms. The van der Waals surface area contributed by atoms with Gasteiger partial charge in [0.1, 0.15) is 6.33 Å². The molecule has 0 unspecified atom stereocenters. The number of aromatic nitrogens is 4. The second kappa shape index (κ2) is 3.07. The van der Waals surface area contributed by atoms with E-state index >= 15 is 0 Å². The third-order valence-electron chi connectivity index (χ3n) is 3.20. The topological polar surface area (TPSA) is 35.6 Å². The van der Waals surface area contributed by atoms with Crippen molar-refractivity contribution in [2.75, 3.05) is 0 Å². The van der Waals surface area contributed by atoms with Gasteiger partial charge in [-0.05, 0) is 23.8 Å². The van der Waals surface area contributed by atoms with Gasteiger partial charge in [-0.25, -0.2) is 0 Å². The summed E-state index contributed by atoms with van der Waals surface area (Å²) < 4.78 is 4.25. The average molecular weight is 222 g/mol. The predicted molar refractivity (Wildman–Crippen MR) is 63.9 cm³/mol. The maximum absolute atomic E-state index is 4.22. The molecule has 0 N–H and O–H groups in total. The molecule has 4 rings (SSSR count). The second-order valence-electron chi connectivity index (χ2n) is 4.17. The Balaban J connectivity index is 2.12. The molecule has 0 saturated heterocycles. The first-order valence-corrected chi connectivity index (χ1v) is 5.57. The summed E-state index contributed by atoms with van der Waals surface area (Å²) in [6.07, 6.45) is 3.85. The molecule has 0 spiro atoms. The van der Waals surface area contributed by atoms with Crippen LogP contribution in [0, 0.1) is 0 Å². The first-order valence-electron chi connectivity index (χ1n) is 5.57. The lowest BCUT2D eigenvalue weighted by atomic mass is 10.2. The Morgan fingerprint density at radius 1 is 1.06 bits per heavy atom. The zero-order valence-corrected chi connectivity index (χ0v) is 9.11. The summed E-state index contributed by atoms with van der Waals surface area (Å²) in [5, 5.41) is 8.24. The van der Waals surface area contributed by atoms with Crippen molar-refractivity contribution in [3.63, 3.8) is 0 Å². The highest BCUT2D eigenvalue weighted by Crippen LogP contribution is 2.28. The summed E-state index contributed by atoms with van der Waals surface area (Å²) >= 11 is 0. The molecule has 3 aromatic rings. The molecule has 0 saturated carbocycles. The molecule has 0 amide bonds. The molecule has 1 aromatic carbocycles. The van der Waals surface area contributed by atoms with Crippen molar-refractivity contribution in [1.29, 1.82) is 0 Å². The summed E-state index contributed by atoms with van der Waals surface area (Å²) in [7, 11) is 0. The molecule has 82 valence electrons. The molecular formula is C13H10N4. The SMILES string of the molecule is c1ccc2c(c1)Cn1cccc1-c1nncn1-2. The maximum Gasteiger partial charge on any atom is 0.185 e. The number of hydrogen-bond donors (Lipinski definition) is 0. The van der Waals surface area contributed by atoms with Crippen molar-refractivity contribution >= 4 is 0 Å². The summed E-state index contributed by atoms with van der Waals surface area (Å²) in [4.78, 5) is 0. The number of para-hydroxylation sites is 1. The lowest BCUT2D eigenvalue weighted by molar-refractivity contribution is 0.816. The van der Waals surface area contributed by atoms with Crippen LogP contribution in [-0.4, -0.2) is 19.3 Å². The van der Waals surface area contributed by atoms with Crippen molar-refractivity contribution in [3.8, 4) is 17.2 Å². The number of nitrogens with zero attached hydrogens (tertiary/aromatic N) is 4. The summed E-state index contributed by atoms with van der Waals surface area (Å²) in [5.74, 6) is 0.903. The Morgan fingerprint density at radius 3 is 3.00 bits per heavy atom. The minimum absolute atomic E-state index is 0.877. The minimum Gasteiger partial charge on any atom is -0.340 e. The van der Waals surface area contributed by atoms with E-state index in [2.05, 4.69) is 45.2 Å². The Bertz CT molecular complexity index is 693. The van der Waals surface area contributed by atoms with Crippen LogP contribution in [0.2, 0.25) is 0 Å². The summed E-state index contributed by atoms with van der Waals surface area (Å²) in [6.45, 7) is 0.877. The summed E-state index contributed by atoms with van der Waals surface area (Å²) in [5.41, 5.74) is 3.55. The highest BCUT2D eigenvalue weighted by Gasteiger charge is 2.18. The van der Waals surface area contributed by atoms with E-state index in [-0.39, 0.29) is 0 Å². The highest BCUT2D eigenvalue weighted by molar-refractivity contribution is 5.58. The molecule has 4 nitrogen and oxygen atoms in total. The molecule has 17 heavy (non-hydrogen) atoms. The van der Waals surface area contributed by atoms with Gasteiger partial charge in [-0.2, -0.15) is 0 Å². The maximum atomic E-state index is 4.22. The van der Waals surface area contributed by atoms with E-state index < -0.39 is 0 Å². The third-order valence-corrected chi connectivity index (χ3v) is 3.20. The Kier molecular flexibility index (Phi) is 1.58. The zero-order chi connectivity index (χ0) is 11.2. The molecular weight excluding hydrogens is 212 g/mol. The number of benzene rings is 1. The Morgan fingerprint density at radius 2 is 2.00 bits per heavy atom. The van der Waals surface area contributed by atoms with E-state index in [0.717, 1.165) is 23.8 Å². The van der Waals surface area contributed by atoms with Crippen LogP contribution in [-0.2, 0) is 6.54 Å².